The Bertz CT molecular complexity index is 833. The van der Waals surface area contributed by atoms with Crippen molar-refractivity contribution in [2.24, 2.45) is 0 Å². The van der Waals surface area contributed by atoms with Gasteiger partial charge in [-0.3, -0.25) is 4.79 Å². The van der Waals surface area contributed by atoms with Gasteiger partial charge in [-0.25, -0.2) is 9.78 Å². The van der Waals surface area contributed by atoms with E-state index in [1.165, 1.54) is 0 Å². The van der Waals surface area contributed by atoms with Crippen LogP contribution >= 0.6 is 0 Å². The van der Waals surface area contributed by atoms with Crippen LogP contribution in [0.25, 0.3) is 5.65 Å². The van der Waals surface area contributed by atoms with E-state index in [2.05, 4.69) is 10.3 Å². The molecule has 0 spiro atoms. The fraction of sp³-hybridized carbons (Fsp3) is 0.571. The van der Waals surface area contributed by atoms with Crippen molar-refractivity contribution >= 4 is 18.2 Å². The van der Waals surface area contributed by atoms with Crippen LogP contribution in [0.15, 0.2) is 24.4 Å². The fourth-order valence-electron chi connectivity index (χ4n) is 3.15. The maximum atomic E-state index is 11.5. The van der Waals surface area contributed by atoms with Gasteiger partial charge < -0.3 is 24.1 Å². The number of fused-ring (bicyclic) bond motifs is 1. The van der Waals surface area contributed by atoms with Gasteiger partial charge in [0.05, 0.1) is 30.1 Å². The van der Waals surface area contributed by atoms with E-state index in [0.717, 1.165) is 23.4 Å². The molecule has 0 saturated carbocycles. The minimum Gasteiger partial charge on any atom is -0.444 e. The number of ether oxygens (including phenoxy) is 2. The van der Waals surface area contributed by atoms with Gasteiger partial charge in [0.2, 0.25) is 6.41 Å². The number of carbonyl (C=O) groups is 2. The highest BCUT2D eigenvalue weighted by Gasteiger charge is 2.26. The summed E-state index contributed by atoms with van der Waals surface area (Å²) in [5, 5.41) is 2.82. The van der Waals surface area contributed by atoms with Crippen LogP contribution in [0.5, 0.6) is 0 Å². The average molecular weight is 405 g/mol. The molecule has 160 valence electrons. The molecule has 1 aliphatic rings. The number of nitrogens with one attached hydrogen (secondary N) is 1. The van der Waals surface area contributed by atoms with E-state index in [1.807, 2.05) is 70.3 Å². The van der Waals surface area contributed by atoms with Gasteiger partial charge in [0.15, 0.2) is 0 Å². The summed E-state index contributed by atoms with van der Waals surface area (Å²) in [6, 6.07) is 5.85. The molecule has 29 heavy (non-hydrogen) atoms. The quantitative estimate of drug-likeness (QED) is 0.795. The molecule has 8 nitrogen and oxygen atoms in total. The number of morpholine rings is 1. The minimum absolute atomic E-state index is 0.240. The van der Waals surface area contributed by atoms with Crippen molar-refractivity contribution in [2.75, 3.05) is 26.3 Å². The molecular formula is C21H32N4O4. The van der Waals surface area contributed by atoms with Crippen LogP contribution in [-0.2, 0) is 19.8 Å². The summed E-state index contributed by atoms with van der Waals surface area (Å²) in [6.07, 6.45) is 2.44. The number of nitrogens with zero attached hydrogens (tertiary/aromatic N) is 3. The molecule has 0 bridgehead atoms. The molecule has 3 rings (SSSR count). The Labute approximate surface area is 172 Å². The van der Waals surface area contributed by atoms with E-state index in [0.29, 0.717) is 26.3 Å². The highest BCUT2D eigenvalue weighted by Crippen LogP contribution is 2.24. The summed E-state index contributed by atoms with van der Waals surface area (Å²) in [5.41, 5.74) is 2.01. The van der Waals surface area contributed by atoms with E-state index >= 15 is 0 Å². The first-order chi connectivity index (χ1) is 13.5. The molecule has 1 fully saturated rings. The number of aromatic nitrogens is 2. The molecule has 0 atom stereocenters. The third-order valence-corrected chi connectivity index (χ3v) is 4.38. The Kier molecular flexibility index (Phi) is 7.24. The SMILES string of the molecule is CC(C)(C)OC(=O)N1CCOCC1.Cc1nc2ccccn2c1C(C)(C)NC=O. The zero-order chi connectivity index (χ0) is 21.7. The molecule has 0 radical (unpaired) electrons. The van der Waals surface area contributed by atoms with E-state index < -0.39 is 11.1 Å². The van der Waals surface area contributed by atoms with Gasteiger partial charge in [0.25, 0.3) is 0 Å². The van der Waals surface area contributed by atoms with Crippen LogP contribution in [0, 0.1) is 6.92 Å². The van der Waals surface area contributed by atoms with Crippen molar-refractivity contribution in [3.05, 3.63) is 35.8 Å². The van der Waals surface area contributed by atoms with E-state index in [9.17, 15) is 9.59 Å². The Hall–Kier alpha value is -2.61. The number of aryl methyl sites for hydroxylation is 1. The van der Waals surface area contributed by atoms with Gasteiger partial charge in [0, 0.05) is 19.3 Å². The molecule has 8 heteroatoms. The van der Waals surface area contributed by atoms with Crippen molar-refractivity contribution in [3.63, 3.8) is 0 Å². The maximum absolute atomic E-state index is 11.5. The predicted molar refractivity (Wildman–Crippen MR) is 111 cm³/mol. The molecule has 2 aromatic heterocycles. The predicted octanol–water partition coefficient (Wildman–Crippen LogP) is 2.88. The van der Waals surface area contributed by atoms with Crippen molar-refractivity contribution in [1.82, 2.24) is 19.6 Å². The summed E-state index contributed by atoms with van der Waals surface area (Å²) >= 11 is 0. The summed E-state index contributed by atoms with van der Waals surface area (Å²) in [6.45, 7) is 14.0. The number of rotatable bonds is 3. The standard InChI is InChI=1S/C12H15N3O.C9H17NO3/c1-9-11(12(2,3)13-8-16)15-7-5-4-6-10(15)14-9;1-9(2,3)13-8(11)10-4-6-12-7-5-10/h4-8H,1-3H3,(H,13,16);4-7H2,1-3H3. The summed E-state index contributed by atoms with van der Waals surface area (Å²) < 4.78 is 12.3. The lowest BCUT2D eigenvalue weighted by atomic mass is 9.99. The number of hydrogen-bond acceptors (Lipinski definition) is 5. The normalized spacial score (nSPS) is 14.8. The van der Waals surface area contributed by atoms with Gasteiger partial charge in [-0.05, 0) is 53.7 Å². The second-order valence-corrected chi connectivity index (χ2v) is 8.44. The van der Waals surface area contributed by atoms with Gasteiger partial charge in [-0.1, -0.05) is 6.07 Å². The molecule has 0 aliphatic carbocycles. The average Bonchev–Trinajstić information content (AvgIpc) is 2.98. The van der Waals surface area contributed by atoms with Gasteiger partial charge in [0.1, 0.15) is 11.2 Å². The van der Waals surface area contributed by atoms with E-state index in [4.69, 9.17) is 9.47 Å². The third-order valence-electron chi connectivity index (χ3n) is 4.38. The molecule has 2 amide bonds. The monoisotopic (exact) mass is 404 g/mol. The second-order valence-electron chi connectivity index (χ2n) is 8.44. The molecule has 1 N–H and O–H groups in total. The highest BCUT2D eigenvalue weighted by molar-refractivity contribution is 5.68. The largest absolute Gasteiger partial charge is 0.444 e. The highest BCUT2D eigenvalue weighted by atomic mass is 16.6. The van der Waals surface area contributed by atoms with Crippen LogP contribution in [0.3, 0.4) is 0 Å². The zero-order valence-electron chi connectivity index (χ0n) is 18.2. The zero-order valence-corrected chi connectivity index (χ0v) is 18.2. The second kappa shape index (κ2) is 9.26. The van der Waals surface area contributed by atoms with Crippen molar-refractivity contribution < 1.29 is 19.1 Å². The fourth-order valence-corrected chi connectivity index (χ4v) is 3.15. The van der Waals surface area contributed by atoms with Gasteiger partial charge >= 0.3 is 6.09 Å². The smallest absolute Gasteiger partial charge is 0.410 e. The minimum atomic E-state index is -0.424. The molecule has 1 aliphatic heterocycles. The lowest BCUT2D eigenvalue weighted by Crippen LogP contribution is -2.43. The Balaban J connectivity index is 0.000000212. The van der Waals surface area contributed by atoms with Crippen LogP contribution in [0.2, 0.25) is 0 Å². The van der Waals surface area contributed by atoms with Gasteiger partial charge in [-0.15, -0.1) is 0 Å². The lowest BCUT2D eigenvalue weighted by molar-refractivity contribution is -0.111. The van der Waals surface area contributed by atoms with E-state index in [1.54, 1.807) is 4.90 Å². The number of imidazole rings is 1. The van der Waals surface area contributed by atoms with Crippen molar-refractivity contribution in [1.29, 1.82) is 0 Å². The van der Waals surface area contributed by atoms with Crippen molar-refractivity contribution in [3.8, 4) is 0 Å². The maximum Gasteiger partial charge on any atom is 0.410 e. The number of amides is 2. The van der Waals surface area contributed by atoms with Crippen LogP contribution in [0.1, 0.15) is 46.0 Å². The Morgan fingerprint density at radius 2 is 1.86 bits per heavy atom. The van der Waals surface area contributed by atoms with Crippen LogP contribution in [-0.4, -0.2) is 58.7 Å². The van der Waals surface area contributed by atoms with Gasteiger partial charge in [-0.2, -0.15) is 0 Å². The molecule has 0 unspecified atom stereocenters. The summed E-state index contributed by atoms with van der Waals surface area (Å²) in [5.74, 6) is 0. The first kappa shape index (κ1) is 22.7. The summed E-state index contributed by atoms with van der Waals surface area (Å²) in [7, 11) is 0. The van der Waals surface area contributed by atoms with Crippen LogP contribution in [0.4, 0.5) is 4.79 Å². The first-order valence-corrected chi connectivity index (χ1v) is 9.76. The van der Waals surface area contributed by atoms with Crippen LogP contribution < -0.4 is 5.32 Å². The number of hydrogen-bond donors (Lipinski definition) is 1. The molecular weight excluding hydrogens is 372 g/mol. The molecule has 3 heterocycles. The van der Waals surface area contributed by atoms with Crippen molar-refractivity contribution in [2.45, 2.75) is 52.7 Å². The Morgan fingerprint density at radius 3 is 2.45 bits per heavy atom. The molecule has 0 aromatic carbocycles. The van der Waals surface area contributed by atoms with E-state index in [-0.39, 0.29) is 6.09 Å². The lowest BCUT2D eigenvalue weighted by Gasteiger charge is -2.29. The Morgan fingerprint density at radius 1 is 1.21 bits per heavy atom. The third kappa shape index (κ3) is 6.19. The topological polar surface area (TPSA) is 85.2 Å². The molecule has 1 saturated heterocycles. The first-order valence-electron chi connectivity index (χ1n) is 9.76. The number of carbonyl (C=O) groups excluding carboxylic acids is 2. The molecule has 2 aromatic rings. The summed E-state index contributed by atoms with van der Waals surface area (Å²) in [4.78, 5) is 28.2. The number of pyridine rings is 1.